The van der Waals surface area contributed by atoms with Crippen molar-refractivity contribution in [2.45, 2.75) is 51.6 Å². The van der Waals surface area contributed by atoms with Crippen LogP contribution in [0.2, 0.25) is 0 Å². The summed E-state index contributed by atoms with van der Waals surface area (Å²) in [5.41, 5.74) is 6.24. The number of para-hydroxylation sites is 4. The van der Waals surface area contributed by atoms with Crippen LogP contribution in [0.15, 0.2) is 118 Å². The lowest BCUT2D eigenvalue weighted by Crippen LogP contribution is -2.24. The molecule has 8 bridgehead atoms. The van der Waals surface area contributed by atoms with Gasteiger partial charge in [-0.2, -0.15) is 0 Å². The van der Waals surface area contributed by atoms with Gasteiger partial charge in [-0.25, -0.2) is 0 Å². The van der Waals surface area contributed by atoms with E-state index in [0.29, 0.717) is 61.8 Å². The van der Waals surface area contributed by atoms with E-state index in [1.54, 1.807) is 36.8 Å². The number of amides is 2. The standard InChI is InChI=1S/C44H42N2O8/c47-39(45-27-37-15-5-19-51-37)17-21-53-43-33-11-3-13-35(43)25-31-9-2-10-32(42(31)50)26-36-14-4-12-34(24-30-8-1-7-29(23-33)41(30)49)44(36)54-22-18-40(48)46-28-38-16-6-20-52-38/h1-16,19-20,49-50H,17-18,21-28H2,(H,45,47)(H,46,48). The van der Waals surface area contributed by atoms with Crippen molar-refractivity contribution in [1.82, 2.24) is 10.6 Å². The van der Waals surface area contributed by atoms with E-state index >= 15 is 0 Å². The molecule has 1 aliphatic rings. The van der Waals surface area contributed by atoms with Crippen molar-refractivity contribution >= 4 is 11.8 Å². The Morgan fingerprint density at radius 1 is 0.500 bits per heavy atom. The number of phenolic OH excluding ortho intramolecular Hbond substituents is 2. The quantitative estimate of drug-likeness (QED) is 0.104. The molecule has 10 nitrogen and oxygen atoms in total. The van der Waals surface area contributed by atoms with Crippen LogP contribution in [0.4, 0.5) is 0 Å². The highest BCUT2D eigenvalue weighted by atomic mass is 16.5. The van der Waals surface area contributed by atoms with Gasteiger partial charge in [-0.15, -0.1) is 0 Å². The molecule has 276 valence electrons. The topological polar surface area (TPSA) is 143 Å². The maximum atomic E-state index is 12.7. The maximum absolute atomic E-state index is 12.7. The number of phenols is 2. The van der Waals surface area contributed by atoms with Crippen molar-refractivity contribution in [2.24, 2.45) is 0 Å². The number of carbonyl (C=O) groups is 2. The Morgan fingerprint density at radius 2 is 0.833 bits per heavy atom. The van der Waals surface area contributed by atoms with Crippen molar-refractivity contribution in [3.05, 3.63) is 166 Å². The summed E-state index contributed by atoms with van der Waals surface area (Å²) in [5.74, 6) is 2.58. The smallest absolute Gasteiger partial charge is 0.223 e. The van der Waals surface area contributed by atoms with Gasteiger partial charge in [0.1, 0.15) is 34.5 Å². The Morgan fingerprint density at radius 3 is 1.15 bits per heavy atom. The number of furan rings is 2. The van der Waals surface area contributed by atoms with E-state index in [9.17, 15) is 19.8 Å². The van der Waals surface area contributed by atoms with Gasteiger partial charge in [-0.3, -0.25) is 9.59 Å². The molecule has 4 aromatic carbocycles. The fourth-order valence-corrected chi connectivity index (χ4v) is 6.75. The molecule has 1 aliphatic carbocycles. The first-order chi connectivity index (χ1) is 26.4. The zero-order valence-electron chi connectivity index (χ0n) is 29.8. The number of aromatic hydroxyl groups is 2. The summed E-state index contributed by atoms with van der Waals surface area (Å²) in [7, 11) is 0. The molecular formula is C44H42N2O8. The first kappa shape index (κ1) is 36.0. The van der Waals surface area contributed by atoms with Gasteiger partial charge < -0.3 is 39.2 Å². The fourth-order valence-electron chi connectivity index (χ4n) is 6.75. The normalized spacial score (nSPS) is 12.1. The molecule has 0 aliphatic heterocycles. The fraction of sp³-hybridized carbons (Fsp3) is 0.227. The van der Waals surface area contributed by atoms with Crippen LogP contribution in [-0.4, -0.2) is 35.2 Å². The minimum atomic E-state index is -0.171. The number of hydrogen-bond donors (Lipinski definition) is 4. The number of nitrogens with one attached hydrogen (secondary N) is 2. The first-order valence-electron chi connectivity index (χ1n) is 18.1. The van der Waals surface area contributed by atoms with Crippen LogP contribution in [0.3, 0.4) is 0 Å². The molecule has 2 amide bonds. The molecule has 0 unspecified atom stereocenters. The average Bonchev–Trinajstić information content (AvgIpc) is 3.90. The molecule has 54 heavy (non-hydrogen) atoms. The monoisotopic (exact) mass is 726 g/mol. The van der Waals surface area contributed by atoms with Crippen molar-refractivity contribution in [3.8, 4) is 23.0 Å². The van der Waals surface area contributed by atoms with Crippen LogP contribution >= 0.6 is 0 Å². The molecule has 6 aromatic rings. The van der Waals surface area contributed by atoms with Crippen LogP contribution in [0.5, 0.6) is 23.0 Å². The first-order valence-corrected chi connectivity index (χ1v) is 18.1. The third-order valence-electron chi connectivity index (χ3n) is 9.52. The largest absolute Gasteiger partial charge is 0.507 e. The molecule has 0 saturated carbocycles. The van der Waals surface area contributed by atoms with E-state index < -0.39 is 0 Å². The SMILES string of the molecule is O=C(CCOc1c2cccc1Cc1cccc(c1O)Cc1cccc(c1OCCC(=O)NCc1ccco1)Cc1cccc(c1O)C2)NCc1ccco1. The number of fused-ring (bicyclic) bond motifs is 8. The van der Waals surface area contributed by atoms with Gasteiger partial charge in [0.15, 0.2) is 0 Å². The number of benzene rings is 4. The molecule has 0 saturated heterocycles. The van der Waals surface area contributed by atoms with E-state index in [1.165, 1.54) is 0 Å². The summed E-state index contributed by atoms with van der Waals surface area (Å²) >= 11 is 0. The Balaban J connectivity index is 1.17. The highest BCUT2D eigenvalue weighted by Crippen LogP contribution is 2.38. The average molecular weight is 727 g/mol. The summed E-state index contributed by atoms with van der Waals surface area (Å²) in [4.78, 5) is 25.3. The third kappa shape index (κ3) is 8.78. The minimum Gasteiger partial charge on any atom is -0.507 e. The number of rotatable bonds is 12. The van der Waals surface area contributed by atoms with Gasteiger partial charge >= 0.3 is 0 Å². The van der Waals surface area contributed by atoms with E-state index in [2.05, 4.69) is 10.6 Å². The maximum Gasteiger partial charge on any atom is 0.223 e. The molecule has 7 rings (SSSR count). The third-order valence-corrected chi connectivity index (χ3v) is 9.52. The zero-order chi connectivity index (χ0) is 37.3. The van der Waals surface area contributed by atoms with E-state index in [0.717, 1.165) is 44.5 Å². The molecule has 0 radical (unpaired) electrons. The molecular weight excluding hydrogens is 684 g/mol. The Kier molecular flexibility index (Phi) is 11.3. The van der Waals surface area contributed by atoms with Gasteiger partial charge in [0, 0.05) is 25.7 Å². The Bertz CT molecular complexity index is 1970. The van der Waals surface area contributed by atoms with Crippen molar-refractivity contribution in [2.75, 3.05) is 13.2 Å². The summed E-state index contributed by atoms with van der Waals surface area (Å²) < 4.78 is 23.4. The lowest BCUT2D eigenvalue weighted by Gasteiger charge is -2.20. The summed E-state index contributed by atoms with van der Waals surface area (Å²) in [6.07, 6.45) is 4.88. The van der Waals surface area contributed by atoms with Gasteiger partial charge in [-0.05, 0) is 68.8 Å². The molecule has 2 heterocycles. The van der Waals surface area contributed by atoms with Gasteiger partial charge in [-0.1, -0.05) is 72.8 Å². The lowest BCUT2D eigenvalue weighted by molar-refractivity contribution is -0.122. The van der Waals surface area contributed by atoms with Gasteiger partial charge in [0.05, 0.1) is 51.7 Å². The van der Waals surface area contributed by atoms with E-state index in [-0.39, 0.29) is 49.4 Å². The number of hydrogen-bond acceptors (Lipinski definition) is 8. The molecule has 0 fully saturated rings. The Labute approximate surface area is 313 Å². The summed E-state index contributed by atoms with van der Waals surface area (Å²) in [6.45, 7) is 0.852. The summed E-state index contributed by atoms with van der Waals surface area (Å²) in [5, 5.41) is 29.1. The molecule has 0 spiro atoms. The second kappa shape index (κ2) is 16.9. The highest BCUT2D eigenvalue weighted by Gasteiger charge is 2.21. The second-order valence-electron chi connectivity index (χ2n) is 13.3. The van der Waals surface area contributed by atoms with E-state index in [1.807, 2.05) is 72.8 Å². The lowest BCUT2D eigenvalue weighted by atomic mass is 9.91. The van der Waals surface area contributed by atoms with Gasteiger partial charge in [0.25, 0.3) is 0 Å². The number of ether oxygens (including phenoxy) is 2. The van der Waals surface area contributed by atoms with Crippen molar-refractivity contribution in [3.63, 3.8) is 0 Å². The van der Waals surface area contributed by atoms with Crippen molar-refractivity contribution < 1.29 is 38.1 Å². The van der Waals surface area contributed by atoms with Crippen molar-refractivity contribution in [1.29, 1.82) is 0 Å². The van der Waals surface area contributed by atoms with Crippen LogP contribution in [0, 0.1) is 0 Å². The minimum absolute atomic E-state index is 0.133. The second-order valence-corrected chi connectivity index (χ2v) is 13.3. The zero-order valence-corrected chi connectivity index (χ0v) is 29.8. The Hall–Kier alpha value is -6.42. The van der Waals surface area contributed by atoms with Gasteiger partial charge in [0.2, 0.25) is 11.8 Å². The van der Waals surface area contributed by atoms with Crippen LogP contribution in [-0.2, 0) is 48.4 Å². The van der Waals surface area contributed by atoms with E-state index in [4.69, 9.17) is 18.3 Å². The van der Waals surface area contributed by atoms with Crippen LogP contribution in [0.1, 0.15) is 68.9 Å². The predicted molar refractivity (Wildman–Crippen MR) is 202 cm³/mol. The number of carbonyl (C=O) groups excluding carboxylic acids is 2. The predicted octanol–water partition coefficient (Wildman–Crippen LogP) is 7.13. The van der Waals surface area contributed by atoms with Crippen LogP contribution < -0.4 is 20.1 Å². The molecule has 10 heteroatoms. The molecule has 2 aromatic heterocycles. The highest BCUT2D eigenvalue weighted by molar-refractivity contribution is 5.76. The molecule has 4 N–H and O–H groups in total. The van der Waals surface area contributed by atoms with Crippen LogP contribution in [0.25, 0.3) is 0 Å². The summed E-state index contributed by atoms with van der Waals surface area (Å²) in [6, 6.07) is 30.3. The molecule has 0 atom stereocenters.